The van der Waals surface area contributed by atoms with Gasteiger partial charge in [0.05, 0.1) is 11.7 Å². The fourth-order valence-corrected chi connectivity index (χ4v) is 2.86. The molecule has 0 amide bonds. The van der Waals surface area contributed by atoms with E-state index in [1.807, 2.05) is 12.2 Å². The summed E-state index contributed by atoms with van der Waals surface area (Å²) in [6.07, 6.45) is 13.1. The van der Waals surface area contributed by atoms with E-state index >= 15 is 0 Å². The van der Waals surface area contributed by atoms with Crippen LogP contribution in [0.25, 0.3) is 5.57 Å². The standard InChI is InChI=1S/C20H16O4/c21-15-9-5-13(6-10-15)19(14-7-11-16(22)12-8-14)17-3-1-2-4-18(17)20(23)24/h1-13,15,21H,(H,23,24)/p+1. The zero-order valence-corrected chi connectivity index (χ0v) is 12.8. The zero-order valence-electron chi connectivity index (χ0n) is 12.8. The molecule has 1 aromatic carbocycles. The van der Waals surface area contributed by atoms with Crippen LogP contribution < -0.4 is 0 Å². The number of hydrogen-bond donors (Lipinski definition) is 2. The summed E-state index contributed by atoms with van der Waals surface area (Å²) in [5, 5.41) is 19.1. The second kappa shape index (κ2) is 6.64. The van der Waals surface area contributed by atoms with Gasteiger partial charge in [-0.05, 0) is 34.9 Å². The summed E-state index contributed by atoms with van der Waals surface area (Å²) in [5.41, 5.74) is 2.46. The highest BCUT2D eigenvalue weighted by molar-refractivity contribution is 6.04. The first-order valence-corrected chi connectivity index (χ1v) is 7.60. The molecule has 0 saturated heterocycles. The summed E-state index contributed by atoms with van der Waals surface area (Å²) in [6.45, 7) is 0. The number of aliphatic hydroxyl groups is 1. The van der Waals surface area contributed by atoms with E-state index in [-0.39, 0.29) is 17.3 Å². The molecule has 0 saturated carbocycles. The molecule has 120 valence electrons. The smallest absolute Gasteiger partial charge is 0.340 e. The maximum atomic E-state index is 11.6. The van der Waals surface area contributed by atoms with Crippen LogP contribution in [0.1, 0.15) is 15.9 Å². The Morgan fingerprint density at radius 2 is 1.50 bits per heavy atom. The molecule has 0 aliphatic heterocycles. The summed E-state index contributed by atoms with van der Waals surface area (Å²) < 4.78 is 0. The molecule has 0 spiro atoms. The average Bonchev–Trinajstić information content (AvgIpc) is 2.59. The average molecular weight is 321 g/mol. The minimum Gasteiger partial charge on any atom is -0.478 e. The van der Waals surface area contributed by atoms with E-state index in [1.165, 1.54) is 0 Å². The van der Waals surface area contributed by atoms with Crippen molar-refractivity contribution >= 4 is 17.3 Å². The first kappa shape index (κ1) is 15.9. The van der Waals surface area contributed by atoms with Crippen molar-refractivity contribution in [2.24, 2.45) is 5.92 Å². The molecule has 1 aromatic rings. The highest BCUT2D eigenvalue weighted by Crippen LogP contribution is 2.35. The number of carboxylic acid groups (broad SMARTS) is 1. The van der Waals surface area contributed by atoms with Crippen LogP contribution in [-0.4, -0.2) is 32.9 Å². The molecule has 4 nitrogen and oxygen atoms in total. The van der Waals surface area contributed by atoms with E-state index in [1.54, 1.807) is 60.7 Å². The van der Waals surface area contributed by atoms with E-state index in [9.17, 15) is 19.8 Å². The predicted molar refractivity (Wildman–Crippen MR) is 93.3 cm³/mol. The highest BCUT2D eigenvalue weighted by Gasteiger charge is 2.22. The van der Waals surface area contributed by atoms with Crippen LogP contribution in [0.5, 0.6) is 0 Å². The molecule has 24 heavy (non-hydrogen) atoms. The Morgan fingerprint density at radius 3 is 2.08 bits per heavy atom. The Morgan fingerprint density at radius 1 is 0.917 bits per heavy atom. The van der Waals surface area contributed by atoms with Crippen LogP contribution in [0.3, 0.4) is 0 Å². The summed E-state index contributed by atoms with van der Waals surface area (Å²) in [7, 11) is 0. The van der Waals surface area contributed by atoms with Crippen molar-refractivity contribution in [2.45, 2.75) is 6.10 Å². The molecule has 0 aromatic heterocycles. The molecule has 2 aliphatic carbocycles. The van der Waals surface area contributed by atoms with Crippen LogP contribution in [0, 0.1) is 5.92 Å². The van der Waals surface area contributed by atoms with Gasteiger partial charge in [-0.25, -0.2) is 4.79 Å². The largest absolute Gasteiger partial charge is 0.478 e. The molecule has 0 atom stereocenters. The van der Waals surface area contributed by atoms with Gasteiger partial charge in [0.1, 0.15) is 0 Å². The van der Waals surface area contributed by atoms with Crippen molar-refractivity contribution in [3.05, 3.63) is 89.6 Å². The van der Waals surface area contributed by atoms with E-state index in [2.05, 4.69) is 0 Å². The molecule has 0 radical (unpaired) electrons. The summed E-state index contributed by atoms with van der Waals surface area (Å²) in [6, 6.07) is 6.84. The van der Waals surface area contributed by atoms with Crippen LogP contribution in [0.15, 0.2) is 78.4 Å². The lowest BCUT2D eigenvalue weighted by Crippen LogP contribution is -2.12. The fourth-order valence-electron chi connectivity index (χ4n) is 2.86. The third kappa shape index (κ3) is 3.19. The van der Waals surface area contributed by atoms with Gasteiger partial charge in [0.25, 0.3) is 0 Å². The Kier molecular flexibility index (Phi) is 4.40. The molecule has 0 fully saturated rings. The Hall–Kier alpha value is -2.98. The number of carboxylic acids is 1. The van der Waals surface area contributed by atoms with Gasteiger partial charge in [-0.15, -0.1) is 0 Å². The lowest BCUT2D eigenvalue weighted by molar-refractivity contribution is 0.0696. The lowest BCUT2D eigenvalue weighted by atomic mass is 9.82. The molecule has 3 N–H and O–H groups in total. The van der Waals surface area contributed by atoms with Crippen molar-refractivity contribution in [3.63, 3.8) is 0 Å². The van der Waals surface area contributed by atoms with Crippen LogP contribution >= 0.6 is 0 Å². The summed E-state index contributed by atoms with van der Waals surface area (Å²) in [4.78, 5) is 21.1. The topological polar surface area (TPSA) is 78.9 Å². The first-order chi connectivity index (χ1) is 11.6. The van der Waals surface area contributed by atoms with E-state index in [0.29, 0.717) is 5.56 Å². The number of ketones is 1. The quantitative estimate of drug-likeness (QED) is 0.663. The summed E-state index contributed by atoms with van der Waals surface area (Å²) in [5.74, 6) is -1.01. The molecule has 0 bridgehead atoms. The van der Waals surface area contributed by atoms with Gasteiger partial charge >= 0.3 is 11.8 Å². The molecule has 0 unspecified atom stereocenters. The highest BCUT2D eigenvalue weighted by atomic mass is 16.4. The van der Waals surface area contributed by atoms with Crippen LogP contribution in [0.4, 0.5) is 0 Å². The number of carbonyl (C=O) groups excluding carboxylic acids is 1. The molecule has 3 rings (SSSR count). The van der Waals surface area contributed by atoms with Gasteiger partial charge in [-0.2, -0.15) is 0 Å². The molecular formula is C20H17O4+. The second-order valence-corrected chi connectivity index (χ2v) is 5.60. The van der Waals surface area contributed by atoms with Crippen molar-refractivity contribution in [1.29, 1.82) is 0 Å². The Balaban J connectivity index is 2.20. The minimum absolute atomic E-state index is 0.148. The van der Waals surface area contributed by atoms with Gasteiger partial charge in [-0.3, -0.25) is 4.79 Å². The van der Waals surface area contributed by atoms with Gasteiger partial charge in [0.2, 0.25) is 0 Å². The monoisotopic (exact) mass is 321 g/mol. The SMILES string of the molecule is O=C(O)c1ccccc1C(=C1C=CC(=[OH+])C=C1)C1C=CC(O)C=C1. The number of allylic oxidation sites excluding steroid dienone is 8. The second-order valence-electron chi connectivity index (χ2n) is 5.60. The van der Waals surface area contributed by atoms with Crippen molar-refractivity contribution in [3.8, 4) is 0 Å². The van der Waals surface area contributed by atoms with Crippen LogP contribution in [0.2, 0.25) is 0 Å². The van der Waals surface area contributed by atoms with Crippen molar-refractivity contribution in [2.75, 3.05) is 0 Å². The van der Waals surface area contributed by atoms with E-state index in [0.717, 1.165) is 11.1 Å². The van der Waals surface area contributed by atoms with Gasteiger partial charge in [-0.1, -0.05) is 42.5 Å². The third-order valence-corrected chi connectivity index (χ3v) is 3.99. The molecule has 2 aliphatic rings. The van der Waals surface area contributed by atoms with Crippen molar-refractivity contribution < 1.29 is 19.8 Å². The zero-order chi connectivity index (χ0) is 17.1. The maximum Gasteiger partial charge on any atom is 0.340 e. The molecular weight excluding hydrogens is 304 g/mol. The maximum absolute atomic E-state index is 11.6. The van der Waals surface area contributed by atoms with Gasteiger partial charge < -0.3 is 10.2 Å². The predicted octanol–water partition coefficient (Wildman–Crippen LogP) is 2.91. The Labute approximate surface area is 139 Å². The normalized spacial score (nSPS) is 22.0. The number of rotatable bonds is 3. The first-order valence-electron chi connectivity index (χ1n) is 7.60. The number of hydrogen-bond acceptors (Lipinski definition) is 2. The van der Waals surface area contributed by atoms with E-state index in [4.69, 9.17) is 0 Å². The van der Waals surface area contributed by atoms with Gasteiger partial charge in [0, 0.05) is 18.1 Å². The Bertz CT molecular complexity index is 805. The molecule has 4 heteroatoms. The minimum atomic E-state index is -0.995. The van der Waals surface area contributed by atoms with E-state index < -0.39 is 12.1 Å². The molecule has 0 heterocycles. The lowest BCUT2D eigenvalue weighted by Gasteiger charge is -2.22. The number of aliphatic hydroxyl groups excluding tert-OH is 1. The summed E-state index contributed by atoms with van der Waals surface area (Å²) >= 11 is 0. The van der Waals surface area contributed by atoms with Gasteiger partial charge in [0.15, 0.2) is 0 Å². The number of benzene rings is 1. The number of aromatic carboxylic acids is 1. The van der Waals surface area contributed by atoms with Crippen LogP contribution in [-0.2, 0) is 0 Å². The fraction of sp³-hybridized carbons (Fsp3) is 0.100. The third-order valence-electron chi connectivity index (χ3n) is 3.99. The van der Waals surface area contributed by atoms with Crippen molar-refractivity contribution in [1.82, 2.24) is 0 Å². The number of carbonyl (C=O) groups is 1.